The highest BCUT2D eigenvalue weighted by atomic mass is 32.1. The molecule has 1 N–H and O–H groups in total. The van der Waals surface area contributed by atoms with Gasteiger partial charge in [0.25, 0.3) is 0 Å². The number of nitrogens with zero attached hydrogens (tertiary/aromatic N) is 1. The second-order valence-electron chi connectivity index (χ2n) is 6.32. The van der Waals surface area contributed by atoms with Crippen molar-refractivity contribution in [2.75, 3.05) is 13.1 Å². The SMILES string of the molecule is CC(C)(C)C1NC(=O)CCN(CCc2ccsc2)C1=O. The molecule has 1 atom stereocenters. The molecule has 0 aliphatic carbocycles. The zero-order valence-electron chi connectivity index (χ0n) is 12.3. The van der Waals surface area contributed by atoms with Crippen LogP contribution in [0.5, 0.6) is 0 Å². The Balaban J connectivity index is 2.07. The first-order valence-corrected chi connectivity index (χ1v) is 7.91. The highest BCUT2D eigenvalue weighted by Gasteiger charge is 2.37. The minimum absolute atomic E-state index is 0.0312. The van der Waals surface area contributed by atoms with Crippen LogP contribution in [0.25, 0.3) is 0 Å². The van der Waals surface area contributed by atoms with Crippen molar-refractivity contribution in [1.82, 2.24) is 10.2 Å². The molecule has 1 aromatic heterocycles. The zero-order chi connectivity index (χ0) is 14.8. The van der Waals surface area contributed by atoms with E-state index < -0.39 is 6.04 Å². The lowest BCUT2D eigenvalue weighted by Gasteiger charge is -2.32. The lowest BCUT2D eigenvalue weighted by atomic mass is 9.86. The summed E-state index contributed by atoms with van der Waals surface area (Å²) in [6.45, 7) is 7.15. The molecule has 1 fully saturated rings. The number of carbonyl (C=O) groups excluding carboxylic acids is 2. The second-order valence-corrected chi connectivity index (χ2v) is 7.10. The maximum Gasteiger partial charge on any atom is 0.245 e. The molecule has 0 saturated carbocycles. The summed E-state index contributed by atoms with van der Waals surface area (Å²) >= 11 is 1.67. The Morgan fingerprint density at radius 3 is 2.75 bits per heavy atom. The fraction of sp³-hybridized carbons (Fsp3) is 0.600. The molecule has 0 bridgehead atoms. The predicted octanol–water partition coefficient (Wildman–Crippen LogP) is 2.05. The summed E-state index contributed by atoms with van der Waals surface area (Å²) in [4.78, 5) is 26.2. The predicted molar refractivity (Wildman–Crippen MR) is 80.6 cm³/mol. The van der Waals surface area contributed by atoms with Crippen LogP contribution in [0.3, 0.4) is 0 Å². The van der Waals surface area contributed by atoms with Crippen LogP contribution in [0.2, 0.25) is 0 Å². The first-order chi connectivity index (χ1) is 9.38. The molecule has 0 aromatic carbocycles. The van der Waals surface area contributed by atoms with E-state index in [1.165, 1.54) is 5.56 Å². The first-order valence-electron chi connectivity index (χ1n) is 6.97. The molecule has 110 valence electrons. The topological polar surface area (TPSA) is 49.4 Å². The molecule has 5 heteroatoms. The molecule has 20 heavy (non-hydrogen) atoms. The molecular weight excluding hydrogens is 272 g/mol. The van der Waals surface area contributed by atoms with E-state index in [1.807, 2.05) is 31.1 Å². The van der Waals surface area contributed by atoms with Crippen molar-refractivity contribution in [3.8, 4) is 0 Å². The van der Waals surface area contributed by atoms with Gasteiger partial charge >= 0.3 is 0 Å². The van der Waals surface area contributed by atoms with Gasteiger partial charge in [-0.15, -0.1) is 0 Å². The second kappa shape index (κ2) is 5.95. The van der Waals surface area contributed by atoms with Crippen LogP contribution in [0, 0.1) is 5.41 Å². The van der Waals surface area contributed by atoms with Gasteiger partial charge in [0.05, 0.1) is 0 Å². The van der Waals surface area contributed by atoms with Crippen LogP contribution < -0.4 is 5.32 Å². The standard InChI is InChI=1S/C15H22N2O2S/c1-15(2,3)13-14(19)17(8-5-12(18)16-13)7-4-11-6-9-20-10-11/h6,9-10,13H,4-5,7-8H2,1-3H3,(H,16,18). The van der Waals surface area contributed by atoms with E-state index in [0.29, 0.717) is 19.5 Å². The molecule has 0 radical (unpaired) electrons. The quantitative estimate of drug-likeness (QED) is 0.927. The maximum atomic E-state index is 12.6. The average Bonchev–Trinajstić information content (AvgIpc) is 2.82. The molecule has 1 aliphatic heterocycles. The molecule has 1 aromatic rings. The molecule has 2 amide bonds. The first kappa shape index (κ1) is 15.0. The van der Waals surface area contributed by atoms with E-state index in [4.69, 9.17) is 0 Å². The lowest BCUT2D eigenvalue weighted by molar-refractivity contribution is -0.136. The van der Waals surface area contributed by atoms with Crippen LogP contribution in [0.1, 0.15) is 32.8 Å². The maximum absolute atomic E-state index is 12.6. The number of thiophene rings is 1. The number of amides is 2. The number of rotatable bonds is 3. The summed E-state index contributed by atoms with van der Waals surface area (Å²) in [7, 11) is 0. The normalized spacial score (nSPS) is 20.8. The van der Waals surface area contributed by atoms with Gasteiger partial charge in [-0.25, -0.2) is 0 Å². The fourth-order valence-electron chi connectivity index (χ4n) is 2.33. The van der Waals surface area contributed by atoms with Gasteiger partial charge in [-0.05, 0) is 34.2 Å². The van der Waals surface area contributed by atoms with E-state index >= 15 is 0 Å². The Hall–Kier alpha value is -1.36. The smallest absolute Gasteiger partial charge is 0.245 e. The molecule has 1 unspecified atom stereocenters. The monoisotopic (exact) mass is 294 g/mol. The van der Waals surface area contributed by atoms with Gasteiger partial charge in [-0.2, -0.15) is 11.3 Å². The summed E-state index contributed by atoms with van der Waals surface area (Å²) < 4.78 is 0. The minimum Gasteiger partial charge on any atom is -0.344 e. The highest BCUT2D eigenvalue weighted by Crippen LogP contribution is 2.23. The van der Waals surface area contributed by atoms with E-state index in [-0.39, 0.29) is 17.2 Å². The molecule has 4 nitrogen and oxygen atoms in total. The summed E-state index contributed by atoms with van der Waals surface area (Å²) in [5.41, 5.74) is 0.983. The number of carbonyl (C=O) groups is 2. The molecule has 2 rings (SSSR count). The van der Waals surface area contributed by atoms with Crippen molar-refractivity contribution in [2.45, 2.75) is 39.7 Å². The van der Waals surface area contributed by atoms with Gasteiger partial charge in [-0.3, -0.25) is 9.59 Å². The third-order valence-electron chi connectivity index (χ3n) is 3.59. The Kier molecular flexibility index (Phi) is 4.48. The molecule has 1 saturated heterocycles. The van der Waals surface area contributed by atoms with E-state index in [2.05, 4.69) is 16.8 Å². The van der Waals surface area contributed by atoms with Gasteiger partial charge in [0, 0.05) is 19.5 Å². The van der Waals surface area contributed by atoms with Gasteiger partial charge in [-0.1, -0.05) is 20.8 Å². The third-order valence-corrected chi connectivity index (χ3v) is 4.32. The Morgan fingerprint density at radius 2 is 2.15 bits per heavy atom. The van der Waals surface area contributed by atoms with Crippen molar-refractivity contribution < 1.29 is 9.59 Å². The molecule has 2 heterocycles. The van der Waals surface area contributed by atoms with Gasteiger partial charge in [0.15, 0.2) is 0 Å². The summed E-state index contributed by atoms with van der Waals surface area (Å²) in [5.74, 6) is 0.00916. The van der Waals surface area contributed by atoms with E-state index in [0.717, 1.165) is 6.42 Å². The van der Waals surface area contributed by atoms with Crippen LogP contribution in [-0.2, 0) is 16.0 Å². The van der Waals surface area contributed by atoms with Gasteiger partial charge < -0.3 is 10.2 Å². The van der Waals surface area contributed by atoms with Crippen molar-refractivity contribution in [1.29, 1.82) is 0 Å². The third kappa shape index (κ3) is 3.60. The fourth-order valence-corrected chi connectivity index (χ4v) is 3.04. The Bertz CT molecular complexity index is 477. The zero-order valence-corrected chi connectivity index (χ0v) is 13.1. The van der Waals surface area contributed by atoms with Crippen LogP contribution in [0.4, 0.5) is 0 Å². The average molecular weight is 294 g/mol. The summed E-state index contributed by atoms with van der Waals surface area (Å²) in [5, 5.41) is 7.01. The number of hydrogen-bond donors (Lipinski definition) is 1. The number of nitrogens with one attached hydrogen (secondary N) is 1. The number of hydrogen-bond acceptors (Lipinski definition) is 3. The summed E-state index contributed by atoms with van der Waals surface area (Å²) in [6.07, 6.45) is 1.24. The van der Waals surface area contributed by atoms with Crippen LogP contribution in [0.15, 0.2) is 16.8 Å². The largest absolute Gasteiger partial charge is 0.344 e. The van der Waals surface area contributed by atoms with Crippen molar-refractivity contribution >= 4 is 23.2 Å². The van der Waals surface area contributed by atoms with Gasteiger partial charge in [0.1, 0.15) is 6.04 Å². The molecule has 0 spiro atoms. The highest BCUT2D eigenvalue weighted by molar-refractivity contribution is 7.07. The Labute approximate surface area is 124 Å². The molecule has 1 aliphatic rings. The van der Waals surface area contributed by atoms with Crippen molar-refractivity contribution in [3.05, 3.63) is 22.4 Å². The van der Waals surface area contributed by atoms with Crippen LogP contribution >= 0.6 is 11.3 Å². The summed E-state index contributed by atoms with van der Waals surface area (Å²) in [6, 6.07) is 1.65. The minimum atomic E-state index is -0.431. The van der Waals surface area contributed by atoms with Gasteiger partial charge in [0.2, 0.25) is 11.8 Å². The van der Waals surface area contributed by atoms with Crippen molar-refractivity contribution in [2.24, 2.45) is 5.41 Å². The lowest BCUT2D eigenvalue weighted by Crippen LogP contribution is -2.52. The molecular formula is C15H22N2O2S. The van der Waals surface area contributed by atoms with E-state index in [9.17, 15) is 9.59 Å². The van der Waals surface area contributed by atoms with Crippen LogP contribution in [-0.4, -0.2) is 35.8 Å². The van der Waals surface area contributed by atoms with E-state index in [1.54, 1.807) is 11.3 Å². The van der Waals surface area contributed by atoms with Crippen molar-refractivity contribution in [3.63, 3.8) is 0 Å². The Morgan fingerprint density at radius 1 is 1.40 bits per heavy atom.